The Morgan fingerprint density at radius 2 is 1.04 bits per heavy atom. The first-order valence-corrected chi connectivity index (χ1v) is 17.6. The van der Waals surface area contributed by atoms with E-state index in [1.54, 1.807) is 0 Å². The van der Waals surface area contributed by atoms with Crippen molar-refractivity contribution in [1.82, 2.24) is 14.5 Å². The fourth-order valence-electron chi connectivity index (χ4n) is 7.92. The Balaban J connectivity index is 1.09. The summed E-state index contributed by atoms with van der Waals surface area (Å²) in [5, 5.41) is 8.30. The molecule has 0 saturated carbocycles. The van der Waals surface area contributed by atoms with E-state index in [-0.39, 0.29) is 0 Å². The number of hydrogen-bond donors (Lipinski definition) is 0. The van der Waals surface area contributed by atoms with Crippen LogP contribution in [0.25, 0.3) is 105 Å². The summed E-state index contributed by atoms with van der Waals surface area (Å²) in [6.45, 7) is 0. The topological polar surface area (TPSA) is 43.9 Å². The Kier molecular flexibility index (Phi) is 6.22. The van der Waals surface area contributed by atoms with Crippen molar-refractivity contribution in [3.63, 3.8) is 0 Å². The van der Waals surface area contributed by atoms with Gasteiger partial charge in [0, 0.05) is 33.0 Å². The monoisotopic (exact) mass is 663 g/mol. The molecule has 52 heavy (non-hydrogen) atoms. The van der Waals surface area contributed by atoms with Crippen LogP contribution in [0.4, 0.5) is 0 Å². The van der Waals surface area contributed by atoms with Crippen LogP contribution in [0.3, 0.4) is 0 Å². The van der Waals surface area contributed by atoms with Crippen LogP contribution in [-0.4, -0.2) is 14.5 Å². The first-order chi connectivity index (χ1) is 25.8. The molecule has 242 valence electrons. The summed E-state index contributed by atoms with van der Waals surface area (Å²) in [6.07, 6.45) is 0. The predicted molar refractivity (Wildman–Crippen MR) is 215 cm³/mol. The van der Waals surface area contributed by atoms with Gasteiger partial charge in [-0.2, -0.15) is 0 Å². The predicted octanol–water partition coefficient (Wildman–Crippen LogP) is 12.8. The molecule has 0 spiro atoms. The van der Waals surface area contributed by atoms with E-state index in [1.807, 2.05) is 18.2 Å². The SMILES string of the molecule is c1ccc(-c2nc(-c3ccc4c(ccc5ccccc54)c3)c3oc4cc(-c5cccc(-n6c7ccccc7c7ccccc76)c5)ccc4c3n2)cc1. The normalized spacial score (nSPS) is 11.8. The third-order valence-corrected chi connectivity index (χ3v) is 10.4. The van der Waals surface area contributed by atoms with E-state index in [0.717, 1.165) is 55.5 Å². The van der Waals surface area contributed by atoms with Crippen molar-refractivity contribution < 1.29 is 4.42 Å². The van der Waals surface area contributed by atoms with E-state index in [4.69, 9.17) is 14.4 Å². The number of aromatic nitrogens is 3. The Bertz CT molecular complexity index is 3140. The maximum atomic E-state index is 6.76. The average molecular weight is 664 g/mol. The molecule has 8 aromatic carbocycles. The van der Waals surface area contributed by atoms with Gasteiger partial charge in [0.1, 0.15) is 16.8 Å². The highest BCUT2D eigenvalue weighted by atomic mass is 16.3. The fourth-order valence-corrected chi connectivity index (χ4v) is 7.92. The third-order valence-electron chi connectivity index (χ3n) is 10.4. The highest BCUT2D eigenvalue weighted by molar-refractivity contribution is 6.12. The minimum atomic E-state index is 0.673. The third kappa shape index (κ3) is 4.41. The van der Waals surface area contributed by atoms with Crippen LogP contribution in [0.15, 0.2) is 180 Å². The van der Waals surface area contributed by atoms with E-state index >= 15 is 0 Å². The molecule has 0 saturated heterocycles. The number of fused-ring (bicyclic) bond motifs is 9. The van der Waals surface area contributed by atoms with E-state index in [9.17, 15) is 0 Å². The summed E-state index contributed by atoms with van der Waals surface area (Å²) in [4.78, 5) is 10.3. The first-order valence-electron chi connectivity index (χ1n) is 17.6. The number of rotatable bonds is 4. The van der Waals surface area contributed by atoms with E-state index in [2.05, 4.69) is 162 Å². The summed E-state index contributed by atoms with van der Waals surface area (Å²) >= 11 is 0. The lowest BCUT2D eigenvalue weighted by molar-refractivity contribution is 0.667. The van der Waals surface area contributed by atoms with Gasteiger partial charge in [-0.25, -0.2) is 9.97 Å². The van der Waals surface area contributed by atoms with Crippen LogP contribution in [0.5, 0.6) is 0 Å². The van der Waals surface area contributed by atoms with Crippen molar-refractivity contribution in [2.24, 2.45) is 0 Å². The molecule has 4 nitrogen and oxygen atoms in total. The summed E-state index contributed by atoms with van der Waals surface area (Å²) in [6, 6.07) is 62.1. The van der Waals surface area contributed by atoms with Gasteiger partial charge >= 0.3 is 0 Å². The number of furan rings is 1. The Hall–Kier alpha value is -7.04. The second-order valence-electron chi connectivity index (χ2n) is 13.4. The van der Waals surface area contributed by atoms with Crippen molar-refractivity contribution in [2.75, 3.05) is 0 Å². The van der Waals surface area contributed by atoms with Gasteiger partial charge in [-0.3, -0.25) is 0 Å². The van der Waals surface area contributed by atoms with Gasteiger partial charge in [0.25, 0.3) is 0 Å². The molecule has 0 aliphatic rings. The van der Waals surface area contributed by atoms with Crippen LogP contribution in [-0.2, 0) is 0 Å². The second kappa shape index (κ2) is 11.2. The summed E-state index contributed by atoms with van der Waals surface area (Å²) in [7, 11) is 0. The lowest BCUT2D eigenvalue weighted by Gasteiger charge is -2.10. The Morgan fingerprint density at radius 3 is 1.87 bits per heavy atom. The molecule has 0 unspecified atom stereocenters. The van der Waals surface area contributed by atoms with Crippen molar-refractivity contribution in [3.8, 4) is 39.5 Å². The molecule has 3 aromatic heterocycles. The molecular weight excluding hydrogens is 635 g/mol. The summed E-state index contributed by atoms with van der Waals surface area (Å²) in [5.41, 5.74) is 10.7. The molecule has 0 fully saturated rings. The molecule has 11 aromatic rings. The zero-order valence-electron chi connectivity index (χ0n) is 28.0. The minimum Gasteiger partial charge on any atom is -0.452 e. The molecule has 0 N–H and O–H groups in total. The number of nitrogens with zero attached hydrogens (tertiary/aromatic N) is 3. The smallest absolute Gasteiger partial charge is 0.180 e. The van der Waals surface area contributed by atoms with Gasteiger partial charge in [0.05, 0.1) is 11.0 Å². The maximum absolute atomic E-state index is 6.76. The first kappa shape index (κ1) is 28.8. The van der Waals surface area contributed by atoms with Crippen LogP contribution in [0, 0.1) is 0 Å². The van der Waals surface area contributed by atoms with Gasteiger partial charge in [0.2, 0.25) is 0 Å². The molecule has 3 heterocycles. The second-order valence-corrected chi connectivity index (χ2v) is 13.4. The maximum Gasteiger partial charge on any atom is 0.180 e. The Labute approximate surface area is 298 Å². The standard InChI is InChI=1S/C48H29N3O/c1-2-12-31(13-3-1)48-49-45(35-24-25-38-34(27-35)22-21-30-11-4-5-16-37(30)38)47-46(50-48)41-26-23-33(29-44(41)52-47)32-14-10-15-36(28-32)51-42-19-8-6-17-39(42)40-18-7-9-20-43(40)51/h1-29H. The van der Waals surface area contributed by atoms with E-state index in [0.29, 0.717) is 11.4 Å². The summed E-state index contributed by atoms with van der Waals surface area (Å²) in [5.74, 6) is 0.673. The molecule has 11 rings (SSSR count). The molecule has 4 heteroatoms. The molecule has 0 aliphatic heterocycles. The van der Waals surface area contributed by atoms with Gasteiger partial charge in [-0.05, 0) is 75.1 Å². The number of benzene rings is 8. The minimum absolute atomic E-state index is 0.673. The van der Waals surface area contributed by atoms with Gasteiger partial charge in [0.15, 0.2) is 11.4 Å². The molecular formula is C48H29N3O. The zero-order chi connectivity index (χ0) is 34.2. The van der Waals surface area contributed by atoms with Crippen molar-refractivity contribution in [2.45, 2.75) is 0 Å². The summed E-state index contributed by atoms with van der Waals surface area (Å²) < 4.78 is 9.12. The quantitative estimate of drug-likeness (QED) is 0.176. The highest BCUT2D eigenvalue weighted by Crippen LogP contribution is 2.39. The van der Waals surface area contributed by atoms with Crippen LogP contribution < -0.4 is 0 Å². The highest BCUT2D eigenvalue weighted by Gasteiger charge is 2.20. The number of hydrogen-bond acceptors (Lipinski definition) is 3. The molecule has 0 bridgehead atoms. The van der Waals surface area contributed by atoms with Gasteiger partial charge < -0.3 is 8.98 Å². The van der Waals surface area contributed by atoms with Crippen molar-refractivity contribution >= 4 is 65.4 Å². The van der Waals surface area contributed by atoms with E-state index < -0.39 is 0 Å². The lowest BCUT2D eigenvalue weighted by atomic mass is 9.99. The van der Waals surface area contributed by atoms with Crippen LogP contribution in [0.1, 0.15) is 0 Å². The van der Waals surface area contributed by atoms with Crippen molar-refractivity contribution in [1.29, 1.82) is 0 Å². The van der Waals surface area contributed by atoms with Crippen molar-refractivity contribution in [3.05, 3.63) is 176 Å². The van der Waals surface area contributed by atoms with Crippen LogP contribution in [0.2, 0.25) is 0 Å². The van der Waals surface area contributed by atoms with Crippen LogP contribution >= 0.6 is 0 Å². The molecule has 0 aliphatic carbocycles. The molecule has 0 radical (unpaired) electrons. The largest absolute Gasteiger partial charge is 0.452 e. The average Bonchev–Trinajstić information content (AvgIpc) is 3.76. The van der Waals surface area contributed by atoms with Gasteiger partial charge in [-0.15, -0.1) is 0 Å². The number of para-hydroxylation sites is 2. The zero-order valence-corrected chi connectivity index (χ0v) is 28.0. The molecule has 0 amide bonds. The fraction of sp³-hybridized carbons (Fsp3) is 0. The Morgan fingerprint density at radius 1 is 0.404 bits per heavy atom. The lowest BCUT2D eigenvalue weighted by Crippen LogP contribution is -1.94. The molecule has 0 atom stereocenters. The van der Waals surface area contributed by atoms with Gasteiger partial charge in [-0.1, -0.05) is 133 Å². The van der Waals surface area contributed by atoms with E-state index in [1.165, 1.54) is 38.0 Å².